The van der Waals surface area contributed by atoms with E-state index in [0.717, 1.165) is 12.0 Å². The zero-order valence-corrected chi connectivity index (χ0v) is 11.8. The van der Waals surface area contributed by atoms with Crippen LogP contribution in [0.5, 0.6) is 0 Å². The van der Waals surface area contributed by atoms with Crippen molar-refractivity contribution < 1.29 is 9.32 Å². The van der Waals surface area contributed by atoms with Gasteiger partial charge in [-0.25, -0.2) is 4.79 Å². The highest BCUT2D eigenvalue weighted by molar-refractivity contribution is 5.90. The lowest BCUT2D eigenvalue weighted by molar-refractivity contribution is 0.249. The van der Waals surface area contributed by atoms with Gasteiger partial charge in [-0.2, -0.15) is 4.98 Å². The Morgan fingerprint density at radius 1 is 1.45 bits per heavy atom. The van der Waals surface area contributed by atoms with Gasteiger partial charge in [-0.3, -0.25) is 0 Å². The minimum absolute atomic E-state index is 0.137. The van der Waals surface area contributed by atoms with E-state index in [1.807, 2.05) is 32.0 Å². The number of carbonyl (C=O) groups is 1. The average Bonchev–Trinajstić information content (AvgIpc) is 2.85. The quantitative estimate of drug-likeness (QED) is 0.898. The third kappa shape index (κ3) is 3.57. The van der Waals surface area contributed by atoms with E-state index >= 15 is 0 Å². The number of anilines is 1. The van der Waals surface area contributed by atoms with Gasteiger partial charge in [-0.05, 0) is 25.5 Å². The smallest absolute Gasteiger partial charge is 0.319 e. The Kier molecular flexibility index (Phi) is 4.34. The second-order valence-corrected chi connectivity index (χ2v) is 4.63. The maximum atomic E-state index is 11.8. The van der Waals surface area contributed by atoms with E-state index in [-0.39, 0.29) is 12.1 Å². The summed E-state index contributed by atoms with van der Waals surface area (Å²) in [4.78, 5) is 15.9. The minimum atomic E-state index is -0.221. The Hall–Kier alpha value is -2.37. The molecule has 0 saturated heterocycles. The molecule has 1 atom stereocenters. The van der Waals surface area contributed by atoms with Crippen LogP contribution in [0, 0.1) is 6.92 Å². The largest absolute Gasteiger partial charge is 0.339 e. The molecule has 2 N–H and O–H groups in total. The van der Waals surface area contributed by atoms with Gasteiger partial charge in [0.2, 0.25) is 11.7 Å². The van der Waals surface area contributed by atoms with Crippen LogP contribution in [0.25, 0.3) is 11.4 Å². The van der Waals surface area contributed by atoms with Gasteiger partial charge < -0.3 is 15.2 Å². The van der Waals surface area contributed by atoms with Gasteiger partial charge in [-0.1, -0.05) is 24.2 Å². The SMILES string of the molecule is CC[C@@H](C)NC(=O)Nc1cccc(-c2noc(C)n2)c1. The van der Waals surface area contributed by atoms with E-state index in [1.165, 1.54) is 0 Å². The first-order valence-corrected chi connectivity index (χ1v) is 6.56. The van der Waals surface area contributed by atoms with Crippen molar-refractivity contribution in [2.24, 2.45) is 0 Å². The van der Waals surface area contributed by atoms with E-state index in [4.69, 9.17) is 4.52 Å². The maximum absolute atomic E-state index is 11.8. The van der Waals surface area contributed by atoms with E-state index in [9.17, 15) is 4.79 Å². The molecule has 2 rings (SSSR count). The van der Waals surface area contributed by atoms with Crippen molar-refractivity contribution in [2.75, 3.05) is 5.32 Å². The Balaban J connectivity index is 2.08. The van der Waals surface area contributed by atoms with Crippen LogP contribution in [-0.4, -0.2) is 22.2 Å². The summed E-state index contributed by atoms with van der Waals surface area (Å²) in [7, 11) is 0. The monoisotopic (exact) mass is 274 g/mol. The zero-order chi connectivity index (χ0) is 14.5. The normalized spacial score (nSPS) is 11.9. The first-order chi connectivity index (χ1) is 9.58. The lowest BCUT2D eigenvalue weighted by Gasteiger charge is -2.12. The van der Waals surface area contributed by atoms with Crippen LogP contribution < -0.4 is 10.6 Å². The van der Waals surface area contributed by atoms with Crippen LogP contribution in [0.3, 0.4) is 0 Å². The molecule has 6 nitrogen and oxygen atoms in total. The molecule has 6 heteroatoms. The Morgan fingerprint density at radius 2 is 2.25 bits per heavy atom. The van der Waals surface area contributed by atoms with E-state index in [0.29, 0.717) is 17.4 Å². The predicted octanol–water partition coefficient (Wildman–Crippen LogP) is 2.97. The lowest BCUT2D eigenvalue weighted by Crippen LogP contribution is -2.35. The highest BCUT2D eigenvalue weighted by atomic mass is 16.5. The predicted molar refractivity (Wildman–Crippen MR) is 76.4 cm³/mol. The molecule has 20 heavy (non-hydrogen) atoms. The second kappa shape index (κ2) is 6.18. The van der Waals surface area contributed by atoms with Gasteiger partial charge in [0.1, 0.15) is 0 Å². The molecular weight excluding hydrogens is 256 g/mol. The summed E-state index contributed by atoms with van der Waals surface area (Å²) < 4.78 is 4.95. The number of nitrogens with zero attached hydrogens (tertiary/aromatic N) is 2. The van der Waals surface area contributed by atoms with E-state index in [2.05, 4.69) is 20.8 Å². The topological polar surface area (TPSA) is 80.0 Å². The molecule has 0 radical (unpaired) electrons. The van der Waals surface area contributed by atoms with Crippen LogP contribution >= 0.6 is 0 Å². The summed E-state index contributed by atoms with van der Waals surface area (Å²) in [5.74, 6) is 1.02. The molecule has 0 unspecified atom stereocenters. The fraction of sp³-hybridized carbons (Fsp3) is 0.357. The lowest BCUT2D eigenvalue weighted by atomic mass is 10.2. The van der Waals surface area contributed by atoms with Gasteiger partial charge in [0.25, 0.3) is 0 Å². The van der Waals surface area contributed by atoms with Crippen molar-refractivity contribution >= 4 is 11.7 Å². The Morgan fingerprint density at radius 3 is 2.90 bits per heavy atom. The average molecular weight is 274 g/mol. The molecule has 106 valence electrons. The first kappa shape index (κ1) is 14.0. The molecule has 0 bridgehead atoms. The number of aryl methyl sites for hydroxylation is 1. The number of urea groups is 1. The second-order valence-electron chi connectivity index (χ2n) is 4.63. The molecule has 0 fully saturated rings. The van der Waals surface area contributed by atoms with Crippen molar-refractivity contribution in [3.63, 3.8) is 0 Å². The molecule has 0 saturated carbocycles. The Bertz CT molecular complexity index is 594. The number of rotatable bonds is 4. The zero-order valence-electron chi connectivity index (χ0n) is 11.8. The minimum Gasteiger partial charge on any atom is -0.339 e. The summed E-state index contributed by atoms with van der Waals surface area (Å²) in [5.41, 5.74) is 1.48. The third-order valence-corrected chi connectivity index (χ3v) is 2.90. The standard InChI is InChI=1S/C14H18N4O2/c1-4-9(2)15-14(19)17-12-7-5-6-11(8-12)13-16-10(3)20-18-13/h5-9H,4H2,1-3H3,(H2,15,17,19)/t9-/m1/s1. The highest BCUT2D eigenvalue weighted by Crippen LogP contribution is 2.19. The van der Waals surface area contributed by atoms with Crippen molar-refractivity contribution in [3.05, 3.63) is 30.2 Å². The van der Waals surface area contributed by atoms with Crippen LogP contribution in [-0.2, 0) is 0 Å². The first-order valence-electron chi connectivity index (χ1n) is 6.56. The van der Waals surface area contributed by atoms with Crippen LogP contribution in [0.1, 0.15) is 26.2 Å². The number of nitrogens with one attached hydrogen (secondary N) is 2. The van der Waals surface area contributed by atoms with E-state index < -0.39 is 0 Å². The summed E-state index contributed by atoms with van der Waals surface area (Å²) >= 11 is 0. The summed E-state index contributed by atoms with van der Waals surface area (Å²) in [6.07, 6.45) is 0.885. The fourth-order valence-corrected chi connectivity index (χ4v) is 1.65. The number of carbonyl (C=O) groups excluding carboxylic acids is 1. The van der Waals surface area contributed by atoms with Crippen molar-refractivity contribution in [1.82, 2.24) is 15.5 Å². The maximum Gasteiger partial charge on any atom is 0.319 e. The van der Waals surface area contributed by atoms with Crippen molar-refractivity contribution in [1.29, 1.82) is 0 Å². The van der Waals surface area contributed by atoms with Crippen molar-refractivity contribution in [2.45, 2.75) is 33.2 Å². The van der Waals surface area contributed by atoms with E-state index in [1.54, 1.807) is 13.0 Å². The van der Waals surface area contributed by atoms with Crippen LogP contribution in [0.4, 0.5) is 10.5 Å². The summed E-state index contributed by atoms with van der Waals surface area (Å²) in [5, 5.41) is 9.48. The molecule has 0 aliphatic carbocycles. The third-order valence-electron chi connectivity index (χ3n) is 2.90. The van der Waals surface area contributed by atoms with Gasteiger partial charge in [0.05, 0.1) is 0 Å². The van der Waals surface area contributed by atoms with Gasteiger partial charge in [-0.15, -0.1) is 0 Å². The molecule has 0 aliphatic rings. The number of hydrogen-bond donors (Lipinski definition) is 2. The molecule has 0 spiro atoms. The molecule has 2 aromatic rings. The number of amides is 2. The molecular formula is C14H18N4O2. The molecule has 2 amide bonds. The fourth-order valence-electron chi connectivity index (χ4n) is 1.65. The number of hydrogen-bond acceptors (Lipinski definition) is 4. The summed E-state index contributed by atoms with van der Waals surface area (Å²) in [6, 6.07) is 7.23. The van der Waals surface area contributed by atoms with Crippen molar-refractivity contribution in [3.8, 4) is 11.4 Å². The highest BCUT2D eigenvalue weighted by Gasteiger charge is 2.08. The molecule has 1 aromatic heterocycles. The molecule has 0 aliphatic heterocycles. The summed E-state index contributed by atoms with van der Waals surface area (Å²) in [6.45, 7) is 5.71. The van der Waals surface area contributed by atoms with Crippen LogP contribution in [0.2, 0.25) is 0 Å². The van der Waals surface area contributed by atoms with Gasteiger partial charge in [0.15, 0.2) is 0 Å². The van der Waals surface area contributed by atoms with Crippen LogP contribution in [0.15, 0.2) is 28.8 Å². The van der Waals surface area contributed by atoms with Gasteiger partial charge in [0, 0.05) is 24.2 Å². The number of aromatic nitrogens is 2. The molecule has 1 aromatic carbocycles. The number of benzene rings is 1. The molecule has 1 heterocycles. The Labute approximate surface area is 117 Å². The van der Waals surface area contributed by atoms with Gasteiger partial charge >= 0.3 is 6.03 Å².